The van der Waals surface area contributed by atoms with Crippen molar-refractivity contribution in [3.8, 4) is 5.75 Å². The molecule has 2 unspecified atom stereocenters. The van der Waals surface area contributed by atoms with E-state index in [0.717, 1.165) is 24.1 Å². The summed E-state index contributed by atoms with van der Waals surface area (Å²) >= 11 is 0. The molecule has 0 bridgehead atoms. The number of amides is 2. The number of nitrogens with zero attached hydrogens (tertiary/aromatic N) is 1. The Bertz CT molecular complexity index is 1110. The third kappa shape index (κ3) is 9.08. The summed E-state index contributed by atoms with van der Waals surface area (Å²) in [5, 5.41) is 25.7. The first kappa shape index (κ1) is 33.3. The smallest absolute Gasteiger partial charge is 0.459 e. The lowest BCUT2D eigenvalue weighted by atomic mass is 9.95. The lowest BCUT2D eigenvalue weighted by molar-refractivity contribution is -0.207. The molecule has 4 N–H and O–H groups in total. The molecule has 13 nitrogen and oxygen atoms in total. The average molecular weight is 590 g/mol. The lowest BCUT2D eigenvalue weighted by Gasteiger charge is -2.31. The number of likely N-dealkylation sites (N-methyl/N-ethyl adjacent to an activating group) is 1. The van der Waals surface area contributed by atoms with Crippen LogP contribution in [0.1, 0.15) is 34.6 Å². The van der Waals surface area contributed by atoms with Crippen molar-refractivity contribution in [1.82, 2.24) is 15.3 Å². The molecular formula is C25H37FN3O10P. The summed E-state index contributed by atoms with van der Waals surface area (Å²) in [6.07, 6.45) is -1.60. The molecule has 6 atom stereocenters. The summed E-state index contributed by atoms with van der Waals surface area (Å²) < 4.78 is 50.9. The molecule has 1 saturated heterocycles. The Morgan fingerprint density at radius 3 is 2.50 bits per heavy atom. The number of ether oxygens (including phenoxy) is 2. The molecule has 1 aromatic carbocycles. The van der Waals surface area contributed by atoms with Crippen LogP contribution in [0.25, 0.3) is 0 Å². The monoisotopic (exact) mass is 589 g/mol. The van der Waals surface area contributed by atoms with Crippen LogP contribution in [0.4, 0.5) is 4.39 Å². The Hall–Kier alpha value is -2.87. The van der Waals surface area contributed by atoms with Gasteiger partial charge in [0.25, 0.3) is 11.8 Å². The Kier molecular flexibility index (Phi) is 11.0. The Labute approximate surface area is 232 Å². The van der Waals surface area contributed by atoms with Gasteiger partial charge in [-0.1, -0.05) is 39.0 Å². The Balaban J connectivity index is 2.23. The summed E-state index contributed by atoms with van der Waals surface area (Å²) in [7, 11) is -3.21. The molecule has 0 saturated carbocycles. The maximum Gasteiger partial charge on any atom is 0.459 e. The second-order valence-electron chi connectivity index (χ2n) is 10.7. The summed E-state index contributed by atoms with van der Waals surface area (Å²) in [4.78, 5) is 35.5. The number of esters is 1. The fourth-order valence-electron chi connectivity index (χ4n) is 3.50. The fraction of sp³-hybridized carbons (Fsp3) is 0.560. The van der Waals surface area contributed by atoms with Gasteiger partial charge in [-0.25, -0.2) is 8.96 Å². The van der Waals surface area contributed by atoms with E-state index in [1.54, 1.807) is 18.2 Å². The molecule has 0 aromatic heterocycles. The van der Waals surface area contributed by atoms with E-state index < -0.39 is 56.1 Å². The second-order valence-corrected chi connectivity index (χ2v) is 12.4. The molecule has 0 radical (unpaired) electrons. The SMILES string of the molecule is CC(NP(=O)(OC[C@@]1(F)O[C@@H](N(C)/C=C\C(=O)NC=O)[C@](C)(O)[C@@H]1O)Oc1ccccc1)C(=O)OCC(C)(C)C. The van der Waals surface area contributed by atoms with E-state index in [0.29, 0.717) is 0 Å². The van der Waals surface area contributed by atoms with Gasteiger partial charge in [0, 0.05) is 19.3 Å². The molecule has 224 valence electrons. The molecule has 1 heterocycles. The van der Waals surface area contributed by atoms with Crippen LogP contribution < -0.4 is 14.9 Å². The zero-order valence-corrected chi connectivity index (χ0v) is 24.1. The van der Waals surface area contributed by atoms with Crippen molar-refractivity contribution >= 4 is 26.0 Å². The number of nitrogens with one attached hydrogen (secondary N) is 2. The van der Waals surface area contributed by atoms with Gasteiger partial charge in [-0.3, -0.25) is 24.2 Å². The molecule has 1 aromatic rings. The number of aliphatic hydroxyl groups excluding tert-OH is 1. The number of rotatable bonds is 13. The standard InChI is InChI=1S/C25H37FN3O10P/c1-17(20(32)36-14-23(2,3)4)28-40(35,39-18-10-8-7-9-11-18)37-15-25(26)21(33)24(5,34)22(38-25)29(6)13-12-19(31)27-16-30/h7-13,16-17,21-22,33-34H,14-15H2,1-6H3,(H,28,35)(H,27,30,31)/b13-12-/t17?,21-,22+,24+,25+,40?/m0/s1. The number of alkyl halides is 1. The molecule has 1 aliphatic rings. The number of aliphatic hydroxyl groups is 2. The molecule has 40 heavy (non-hydrogen) atoms. The number of imide groups is 1. The van der Waals surface area contributed by atoms with Gasteiger partial charge in [0.1, 0.15) is 30.1 Å². The highest BCUT2D eigenvalue weighted by Crippen LogP contribution is 2.48. The number of halogens is 1. The van der Waals surface area contributed by atoms with Crippen LogP contribution in [0.2, 0.25) is 0 Å². The second kappa shape index (κ2) is 13.2. The van der Waals surface area contributed by atoms with E-state index in [1.807, 2.05) is 26.1 Å². The molecule has 0 spiro atoms. The molecule has 1 fully saturated rings. The number of hydrogen-bond acceptors (Lipinski definition) is 11. The molecule has 2 rings (SSSR count). The van der Waals surface area contributed by atoms with Crippen molar-refractivity contribution in [3.63, 3.8) is 0 Å². The maximum atomic E-state index is 15.9. The zero-order chi connectivity index (χ0) is 30.4. The van der Waals surface area contributed by atoms with Crippen molar-refractivity contribution in [2.45, 2.75) is 64.4 Å². The van der Waals surface area contributed by atoms with Crippen molar-refractivity contribution in [2.24, 2.45) is 5.41 Å². The molecule has 2 amide bonds. The highest BCUT2D eigenvalue weighted by molar-refractivity contribution is 7.52. The van der Waals surface area contributed by atoms with Gasteiger partial charge in [-0.05, 0) is 31.4 Å². The van der Waals surface area contributed by atoms with E-state index in [4.69, 9.17) is 18.5 Å². The molecule has 1 aliphatic heterocycles. The minimum Gasteiger partial charge on any atom is -0.464 e. The van der Waals surface area contributed by atoms with Gasteiger partial charge in [0.05, 0.1) is 6.61 Å². The highest BCUT2D eigenvalue weighted by atomic mass is 31.2. The third-order valence-electron chi connectivity index (χ3n) is 5.55. The topological polar surface area (TPSA) is 173 Å². The Morgan fingerprint density at radius 2 is 1.93 bits per heavy atom. The normalized spacial score (nSPS) is 27.0. The third-order valence-corrected chi connectivity index (χ3v) is 7.18. The summed E-state index contributed by atoms with van der Waals surface area (Å²) in [5.74, 6) is -4.61. The predicted molar refractivity (Wildman–Crippen MR) is 140 cm³/mol. The van der Waals surface area contributed by atoms with E-state index in [9.17, 15) is 29.2 Å². The van der Waals surface area contributed by atoms with E-state index in [2.05, 4.69) is 5.09 Å². The maximum absolute atomic E-state index is 15.9. The van der Waals surface area contributed by atoms with Crippen LogP contribution in [0.15, 0.2) is 42.6 Å². The van der Waals surface area contributed by atoms with Gasteiger partial charge in [0.15, 0.2) is 6.23 Å². The van der Waals surface area contributed by atoms with Crippen LogP contribution in [-0.4, -0.2) is 83.5 Å². The molecule has 0 aliphatic carbocycles. The zero-order valence-electron chi connectivity index (χ0n) is 23.2. The number of carbonyl (C=O) groups excluding carboxylic acids is 3. The quantitative estimate of drug-likeness (QED) is 0.114. The van der Waals surface area contributed by atoms with Gasteiger partial charge in [0.2, 0.25) is 6.41 Å². The molecular weight excluding hydrogens is 552 g/mol. The summed E-state index contributed by atoms with van der Waals surface area (Å²) in [5.41, 5.74) is -2.58. The van der Waals surface area contributed by atoms with Gasteiger partial charge in [-0.15, -0.1) is 0 Å². The first-order valence-corrected chi connectivity index (χ1v) is 13.8. The van der Waals surface area contributed by atoms with Gasteiger partial charge >= 0.3 is 13.7 Å². The van der Waals surface area contributed by atoms with Crippen LogP contribution in [0.3, 0.4) is 0 Å². The number of hydrogen-bond donors (Lipinski definition) is 4. The van der Waals surface area contributed by atoms with Crippen molar-refractivity contribution in [1.29, 1.82) is 0 Å². The van der Waals surface area contributed by atoms with Crippen molar-refractivity contribution in [3.05, 3.63) is 42.6 Å². The first-order chi connectivity index (χ1) is 18.4. The summed E-state index contributed by atoms with van der Waals surface area (Å²) in [6, 6.07) is 6.54. The van der Waals surface area contributed by atoms with E-state index in [-0.39, 0.29) is 24.2 Å². The Morgan fingerprint density at radius 1 is 1.30 bits per heavy atom. The van der Waals surface area contributed by atoms with Crippen LogP contribution in [0.5, 0.6) is 5.75 Å². The van der Waals surface area contributed by atoms with Crippen molar-refractivity contribution < 1.29 is 52.1 Å². The van der Waals surface area contributed by atoms with Gasteiger partial charge < -0.3 is 29.1 Å². The van der Waals surface area contributed by atoms with E-state index in [1.165, 1.54) is 26.1 Å². The average Bonchev–Trinajstić information content (AvgIpc) is 3.05. The highest BCUT2D eigenvalue weighted by Gasteiger charge is 2.64. The minimum atomic E-state index is -4.53. The predicted octanol–water partition coefficient (Wildman–Crippen LogP) is 1.61. The number of carbonyl (C=O) groups is 3. The van der Waals surface area contributed by atoms with Gasteiger partial charge in [-0.2, -0.15) is 5.09 Å². The number of benzene rings is 1. The lowest BCUT2D eigenvalue weighted by Crippen LogP contribution is -2.52. The fourth-order valence-corrected chi connectivity index (χ4v) is 5.01. The van der Waals surface area contributed by atoms with Crippen molar-refractivity contribution in [2.75, 3.05) is 20.3 Å². The largest absolute Gasteiger partial charge is 0.464 e. The van der Waals surface area contributed by atoms with Crippen LogP contribution in [0, 0.1) is 5.41 Å². The summed E-state index contributed by atoms with van der Waals surface area (Å²) in [6.45, 7) is 6.88. The van der Waals surface area contributed by atoms with Crippen LogP contribution in [-0.2, 0) is 32.9 Å². The number of para-hydroxylation sites is 1. The van der Waals surface area contributed by atoms with E-state index >= 15 is 4.39 Å². The van der Waals surface area contributed by atoms with Crippen LogP contribution >= 0.6 is 7.75 Å². The molecule has 15 heteroatoms. The minimum absolute atomic E-state index is 0.0673. The first-order valence-electron chi connectivity index (χ1n) is 12.3.